The maximum Gasteiger partial charge on any atom is 0.337 e. The number of carboxylic acid groups (broad SMARTS) is 1. The number of carbonyl (C=O) groups is 1. The summed E-state index contributed by atoms with van der Waals surface area (Å²) in [4.78, 5) is 11.4. The molecule has 116 valence electrons. The van der Waals surface area contributed by atoms with Gasteiger partial charge in [0, 0.05) is 23.7 Å². The third-order valence-corrected chi connectivity index (χ3v) is 3.40. The number of halogens is 1. The highest BCUT2D eigenvalue weighted by Gasteiger charge is 2.16. The molecule has 0 atom stereocenters. The van der Waals surface area contributed by atoms with E-state index in [0.29, 0.717) is 28.8 Å². The van der Waals surface area contributed by atoms with Crippen molar-refractivity contribution >= 4 is 23.3 Å². The maximum atomic E-state index is 11.4. The van der Waals surface area contributed by atoms with Crippen molar-refractivity contribution < 1.29 is 19.4 Å². The van der Waals surface area contributed by atoms with Gasteiger partial charge in [0.05, 0.1) is 25.5 Å². The average Bonchev–Trinajstić information content (AvgIpc) is 2.53. The summed E-state index contributed by atoms with van der Waals surface area (Å²) in [6.07, 6.45) is 0. The van der Waals surface area contributed by atoms with Gasteiger partial charge in [0.25, 0.3) is 0 Å². The quantitative estimate of drug-likeness (QED) is 0.849. The molecule has 2 aromatic rings. The number of aromatic carboxylic acids is 1. The lowest BCUT2D eigenvalue weighted by atomic mass is 10.1. The summed E-state index contributed by atoms with van der Waals surface area (Å²) < 4.78 is 10.3. The molecular formula is C16H16ClNO4. The van der Waals surface area contributed by atoms with E-state index in [-0.39, 0.29) is 5.56 Å². The van der Waals surface area contributed by atoms with Crippen LogP contribution in [0.25, 0.3) is 0 Å². The van der Waals surface area contributed by atoms with Crippen LogP contribution in [0.15, 0.2) is 36.4 Å². The molecule has 0 aromatic heterocycles. The molecule has 0 saturated heterocycles. The molecule has 0 amide bonds. The van der Waals surface area contributed by atoms with Crippen molar-refractivity contribution in [1.29, 1.82) is 0 Å². The Morgan fingerprint density at radius 1 is 1.14 bits per heavy atom. The number of rotatable bonds is 6. The lowest BCUT2D eigenvalue weighted by molar-refractivity contribution is 0.0697. The molecule has 0 fully saturated rings. The second-order valence-electron chi connectivity index (χ2n) is 4.54. The largest absolute Gasteiger partial charge is 0.493 e. The predicted molar refractivity (Wildman–Crippen MR) is 85.3 cm³/mol. The Bertz CT molecular complexity index is 671. The van der Waals surface area contributed by atoms with Gasteiger partial charge in [-0.3, -0.25) is 0 Å². The van der Waals surface area contributed by atoms with Crippen molar-refractivity contribution in [1.82, 2.24) is 0 Å². The molecule has 0 bridgehead atoms. The van der Waals surface area contributed by atoms with Gasteiger partial charge in [-0.2, -0.15) is 0 Å². The standard InChI is InChI=1S/C16H16ClNO4/c1-21-14-7-12(16(19)20)13(8-15(14)22-2)18-9-10-3-5-11(17)6-4-10/h3-8,18H,9H2,1-2H3,(H,19,20). The Morgan fingerprint density at radius 2 is 1.73 bits per heavy atom. The number of nitrogens with one attached hydrogen (secondary N) is 1. The van der Waals surface area contributed by atoms with Crippen molar-refractivity contribution in [3.05, 3.63) is 52.5 Å². The zero-order valence-electron chi connectivity index (χ0n) is 12.2. The van der Waals surface area contributed by atoms with Crippen LogP contribution in [0.2, 0.25) is 5.02 Å². The van der Waals surface area contributed by atoms with Crippen molar-refractivity contribution in [3.8, 4) is 11.5 Å². The van der Waals surface area contributed by atoms with Gasteiger partial charge < -0.3 is 19.9 Å². The number of benzene rings is 2. The van der Waals surface area contributed by atoms with E-state index in [1.54, 1.807) is 18.2 Å². The van der Waals surface area contributed by atoms with Crippen LogP contribution < -0.4 is 14.8 Å². The Hall–Kier alpha value is -2.40. The number of carboxylic acids is 1. The van der Waals surface area contributed by atoms with Gasteiger partial charge >= 0.3 is 5.97 Å². The maximum absolute atomic E-state index is 11.4. The van der Waals surface area contributed by atoms with E-state index in [9.17, 15) is 9.90 Å². The first-order chi connectivity index (χ1) is 10.5. The summed E-state index contributed by atoms with van der Waals surface area (Å²) >= 11 is 5.84. The van der Waals surface area contributed by atoms with Crippen LogP contribution in [0.4, 0.5) is 5.69 Å². The van der Waals surface area contributed by atoms with Crippen molar-refractivity contribution in [3.63, 3.8) is 0 Å². The monoisotopic (exact) mass is 321 g/mol. The molecule has 0 saturated carbocycles. The van der Waals surface area contributed by atoms with Crippen molar-refractivity contribution in [2.75, 3.05) is 19.5 Å². The molecule has 0 aliphatic rings. The number of ether oxygens (including phenoxy) is 2. The fourth-order valence-electron chi connectivity index (χ4n) is 2.00. The minimum Gasteiger partial charge on any atom is -0.493 e. The van der Waals surface area contributed by atoms with Gasteiger partial charge in [-0.1, -0.05) is 23.7 Å². The molecule has 2 rings (SSSR count). The Labute approximate surface area is 133 Å². The van der Waals surface area contributed by atoms with Gasteiger partial charge in [-0.25, -0.2) is 4.79 Å². The van der Waals surface area contributed by atoms with Gasteiger partial charge in [0.15, 0.2) is 11.5 Å². The van der Waals surface area contributed by atoms with Crippen LogP contribution in [-0.4, -0.2) is 25.3 Å². The highest BCUT2D eigenvalue weighted by atomic mass is 35.5. The van der Waals surface area contributed by atoms with Crippen LogP contribution in [0, 0.1) is 0 Å². The first-order valence-corrected chi connectivity index (χ1v) is 6.90. The van der Waals surface area contributed by atoms with Crippen LogP contribution in [-0.2, 0) is 6.54 Å². The molecule has 6 heteroatoms. The van der Waals surface area contributed by atoms with Gasteiger partial charge in [0.2, 0.25) is 0 Å². The van der Waals surface area contributed by atoms with E-state index in [1.807, 2.05) is 12.1 Å². The normalized spacial score (nSPS) is 10.1. The van der Waals surface area contributed by atoms with Crippen LogP contribution >= 0.6 is 11.6 Å². The second-order valence-corrected chi connectivity index (χ2v) is 4.97. The van der Waals surface area contributed by atoms with Crippen molar-refractivity contribution in [2.45, 2.75) is 6.54 Å². The highest BCUT2D eigenvalue weighted by Crippen LogP contribution is 2.33. The van der Waals surface area contributed by atoms with Crippen molar-refractivity contribution in [2.24, 2.45) is 0 Å². The van der Waals surface area contributed by atoms with E-state index in [0.717, 1.165) is 5.56 Å². The van der Waals surface area contributed by atoms with E-state index in [1.165, 1.54) is 20.3 Å². The summed E-state index contributed by atoms with van der Waals surface area (Å²) in [5.41, 5.74) is 1.56. The molecular weight excluding hydrogens is 306 g/mol. The molecule has 0 aliphatic carbocycles. The molecule has 22 heavy (non-hydrogen) atoms. The van der Waals surface area contributed by atoms with E-state index < -0.39 is 5.97 Å². The predicted octanol–water partition coefficient (Wildman–Crippen LogP) is 3.67. The van der Waals surface area contributed by atoms with Crippen LogP contribution in [0.3, 0.4) is 0 Å². The summed E-state index contributed by atoms with van der Waals surface area (Å²) in [7, 11) is 2.96. The molecule has 0 aliphatic heterocycles. The fraction of sp³-hybridized carbons (Fsp3) is 0.188. The van der Waals surface area contributed by atoms with Gasteiger partial charge in [-0.15, -0.1) is 0 Å². The third kappa shape index (κ3) is 3.62. The van der Waals surface area contributed by atoms with Gasteiger partial charge in [0.1, 0.15) is 0 Å². The number of hydrogen-bond acceptors (Lipinski definition) is 4. The molecule has 0 spiro atoms. The summed E-state index contributed by atoms with van der Waals surface area (Å²) in [5, 5.41) is 13.1. The Balaban J connectivity index is 2.28. The zero-order chi connectivity index (χ0) is 16.1. The topological polar surface area (TPSA) is 67.8 Å². The van der Waals surface area contributed by atoms with Crippen LogP contribution in [0.5, 0.6) is 11.5 Å². The van der Waals surface area contributed by atoms with E-state index >= 15 is 0 Å². The zero-order valence-corrected chi connectivity index (χ0v) is 13.0. The first kappa shape index (κ1) is 16.0. The summed E-state index contributed by atoms with van der Waals surface area (Å²) in [6.45, 7) is 0.465. The molecule has 5 nitrogen and oxygen atoms in total. The lowest BCUT2D eigenvalue weighted by Crippen LogP contribution is -2.07. The molecule has 0 unspecified atom stereocenters. The number of hydrogen-bond donors (Lipinski definition) is 2. The first-order valence-electron chi connectivity index (χ1n) is 6.52. The molecule has 0 heterocycles. The fourth-order valence-corrected chi connectivity index (χ4v) is 2.13. The minimum atomic E-state index is -1.04. The minimum absolute atomic E-state index is 0.117. The van der Waals surface area contributed by atoms with Crippen LogP contribution in [0.1, 0.15) is 15.9 Å². The molecule has 2 aromatic carbocycles. The average molecular weight is 322 g/mol. The number of anilines is 1. The van der Waals surface area contributed by atoms with E-state index in [2.05, 4.69) is 5.32 Å². The SMILES string of the molecule is COc1cc(NCc2ccc(Cl)cc2)c(C(=O)O)cc1OC. The summed E-state index contributed by atoms with van der Waals surface area (Å²) in [5.74, 6) is -0.206. The third-order valence-electron chi connectivity index (χ3n) is 3.15. The highest BCUT2D eigenvalue weighted by molar-refractivity contribution is 6.30. The Morgan fingerprint density at radius 3 is 2.27 bits per heavy atom. The smallest absolute Gasteiger partial charge is 0.337 e. The van der Waals surface area contributed by atoms with E-state index in [4.69, 9.17) is 21.1 Å². The molecule has 0 radical (unpaired) electrons. The second kappa shape index (κ2) is 7.04. The Kier molecular flexibility index (Phi) is 5.12. The van der Waals surface area contributed by atoms with Gasteiger partial charge in [-0.05, 0) is 17.7 Å². The lowest BCUT2D eigenvalue weighted by Gasteiger charge is -2.14. The molecule has 2 N–H and O–H groups in total. The number of methoxy groups -OCH3 is 2. The summed E-state index contributed by atoms with van der Waals surface area (Å²) in [6, 6.07) is 10.4.